The molecule has 0 saturated heterocycles. The van der Waals surface area contributed by atoms with Gasteiger partial charge >= 0.3 is 0 Å². The van der Waals surface area contributed by atoms with Crippen LogP contribution in [0.5, 0.6) is 5.88 Å². The second-order valence-electron chi connectivity index (χ2n) is 9.17. The van der Waals surface area contributed by atoms with Gasteiger partial charge in [-0.3, -0.25) is 9.78 Å². The van der Waals surface area contributed by atoms with Gasteiger partial charge in [0.25, 0.3) is 5.91 Å². The minimum Gasteiger partial charge on any atom is -0.470 e. The first kappa shape index (κ1) is 22.4. The Balaban J connectivity index is 1.64. The highest BCUT2D eigenvalue weighted by molar-refractivity contribution is 5.94. The van der Waals surface area contributed by atoms with E-state index in [0.717, 1.165) is 11.1 Å². The standard InChI is InChI=1S/C23H27N7O3/c1-13(2)26-21(31)15-7-8-16(24-10-15)12-32-22-19(23(4,5)6)18-11-25-27-20(30(18)28-22)17-9-14(3)33-29-17/h7-11,13H,12H2,1-6H3,(H,26,31). The molecular weight excluding hydrogens is 422 g/mol. The summed E-state index contributed by atoms with van der Waals surface area (Å²) in [5.74, 6) is 1.43. The van der Waals surface area contributed by atoms with Crippen LogP contribution in [-0.4, -0.2) is 41.9 Å². The molecule has 4 aromatic rings. The van der Waals surface area contributed by atoms with Crippen LogP contribution in [0.2, 0.25) is 0 Å². The van der Waals surface area contributed by atoms with Gasteiger partial charge in [0, 0.05) is 23.9 Å². The third-order valence-corrected chi connectivity index (χ3v) is 4.89. The molecule has 0 aliphatic carbocycles. The topological polar surface area (TPSA) is 120 Å². The first-order valence-corrected chi connectivity index (χ1v) is 10.7. The summed E-state index contributed by atoms with van der Waals surface area (Å²) in [4.78, 5) is 16.5. The molecule has 0 aliphatic heterocycles. The summed E-state index contributed by atoms with van der Waals surface area (Å²) in [5.41, 5.74) is 3.11. The van der Waals surface area contributed by atoms with Crippen molar-refractivity contribution >= 4 is 11.4 Å². The lowest BCUT2D eigenvalue weighted by atomic mass is 9.88. The fraction of sp³-hybridized carbons (Fsp3) is 0.391. The molecule has 0 atom stereocenters. The molecule has 0 aliphatic rings. The Bertz CT molecular complexity index is 1280. The first-order valence-electron chi connectivity index (χ1n) is 10.7. The lowest BCUT2D eigenvalue weighted by Gasteiger charge is -2.18. The Hall–Kier alpha value is -3.82. The lowest BCUT2D eigenvalue weighted by Crippen LogP contribution is -2.30. The molecule has 0 bridgehead atoms. The van der Waals surface area contributed by atoms with Crippen molar-refractivity contribution in [3.05, 3.63) is 53.2 Å². The van der Waals surface area contributed by atoms with Gasteiger partial charge in [-0.1, -0.05) is 25.9 Å². The van der Waals surface area contributed by atoms with Gasteiger partial charge in [-0.15, -0.1) is 10.2 Å². The largest absolute Gasteiger partial charge is 0.470 e. The molecule has 4 rings (SSSR count). The SMILES string of the molecule is Cc1cc(-c2nncc3c(C(C)(C)C)c(OCc4ccc(C(=O)NC(C)C)cn4)nn23)no1. The van der Waals surface area contributed by atoms with Crippen molar-refractivity contribution in [2.75, 3.05) is 0 Å². The minimum atomic E-state index is -0.274. The number of hydrogen-bond donors (Lipinski definition) is 1. The summed E-state index contributed by atoms with van der Waals surface area (Å²) in [6, 6.07) is 5.34. The number of rotatable bonds is 6. The number of ether oxygens (including phenoxy) is 1. The monoisotopic (exact) mass is 449 g/mol. The summed E-state index contributed by atoms with van der Waals surface area (Å²) in [5, 5.41) is 19.9. The van der Waals surface area contributed by atoms with Crippen molar-refractivity contribution in [3.63, 3.8) is 0 Å². The van der Waals surface area contributed by atoms with Crippen LogP contribution in [0.1, 0.15) is 62.0 Å². The fourth-order valence-electron chi connectivity index (χ4n) is 3.44. The van der Waals surface area contributed by atoms with Crippen molar-refractivity contribution in [1.82, 2.24) is 35.3 Å². The third kappa shape index (κ3) is 4.69. The Labute approximate surface area is 191 Å². The van der Waals surface area contributed by atoms with E-state index >= 15 is 0 Å². The predicted molar refractivity (Wildman–Crippen MR) is 121 cm³/mol. The molecule has 33 heavy (non-hydrogen) atoms. The van der Waals surface area contributed by atoms with E-state index < -0.39 is 0 Å². The number of carbonyl (C=O) groups is 1. The maximum Gasteiger partial charge on any atom is 0.253 e. The van der Waals surface area contributed by atoms with Crippen molar-refractivity contribution < 1.29 is 14.1 Å². The zero-order valence-corrected chi connectivity index (χ0v) is 19.6. The number of fused-ring (bicyclic) bond motifs is 1. The zero-order valence-electron chi connectivity index (χ0n) is 19.6. The number of carbonyl (C=O) groups excluding carboxylic acids is 1. The molecule has 0 unspecified atom stereocenters. The molecule has 1 amide bonds. The van der Waals surface area contributed by atoms with E-state index in [1.165, 1.54) is 0 Å². The summed E-state index contributed by atoms with van der Waals surface area (Å²) in [7, 11) is 0. The Morgan fingerprint density at radius 3 is 2.64 bits per heavy atom. The van der Waals surface area contributed by atoms with Crippen LogP contribution < -0.4 is 10.1 Å². The van der Waals surface area contributed by atoms with Gasteiger partial charge in [0.2, 0.25) is 11.7 Å². The van der Waals surface area contributed by atoms with Crippen molar-refractivity contribution in [2.24, 2.45) is 0 Å². The van der Waals surface area contributed by atoms with E-state index in [9.17, 15) is 4.79 Å². The first-order chi connectivity index (χ1) is 15.6. The minimum absolute atomic E-state index is 0.0569. The zero-order chi connectivity index (χ0) is 23.8. The van der Waals surface area contributed by atoms with Gasteiger partial charge in [0.15, 0.2) is 5.69 Å². The molecule has 4 heterocycles. The Morgan fingerprint density at radius 2 is 2.03 bits per heavy atom. The van der Waals surface area contributed by atoms with E-state index in [4.69, 9.17) is 9.26 Å². The van der Waals surface area contributed by atoms with E-state index in [-0.39, 0.29) is 24.0 Å². The number of nitrogens with zero attached hydrogens (tertiary/aromatic N) is 6. The van der Waals surface area contributed by atoms with Crippen LogP contribution in [0.15, 0.2) is 35.1 Å². The van der Waals surface area contributed by atoms with Gasteiger partial charge < -0.3 is 14.6 Å². The molecule has 0 aromatic carbocycles. The molecule has 0 saturated carbocycles. The molecule has 10 nitrogen and oxygen atoms in total. The highest BCUT2D eigenvalue weighted by Crippen LogP contribution is 2.35. The number of aryl methyl sites for hydroxylation is 1. The van der Waals surface area contributed by atoms with Gasteiger partial charge in [0.1, 0.15) is 12.4 Å². The van der Waals surface area contributed by atoms with Crippen LogP contribution in [-0.2, 0) is 12.0 Å². The predicted octanol–water partition coefficient (Wildman–Crippen LogP) is 3.50. The number of nitrogens with one attached hydrogen (secondary N) is 1. The van der Waals surface area contributed by atoms with E-state index in [0.29, 0.717) is 34.4 Å². The van der Waals surface area contributed by atoms with E-state index in [2.05, 4.69) is 51.5 Å². The fourth-order valence-corrected chi connectivity index (χ4v) is 3.44. The maximum absolute atomic E-state index is 12.1. The molecule has 0 spiro atoms. The molecule has 0 radical (unpaired) electrons. The number of aromatic nitrogens is 6. The smallest absolute Gasteiger partial charge is 0.253 e. The number of pyridine rings is 1. The summed E-state index contributed by atoms with van der Waals surface area (Å²) in [6.07, 6.45) is 3.21. The highest BCUT2D eigenvalue weighted by Gasteiger charge is 2.28. The highest BCUT2D eigenvalue weighted by atomic mass is 16.5. The third-order valence-electron chi connectivity index (χ3n) is 4.89. The lowest BCUT2D eigenvalue weighted by molar-refractivity contribution is 0.0942. The average molecular weight is 450 g/mol. The quantitative estimate of drug-likeness (QED) is 0.475. The van der Waals surface area contributed by atoms with Crippen molar-refractivity contribution in [3.8, 4) is 17.4 Å². The van der Waals surface area contributed by atoms with Crippen molar-refractivity contribution in [2.45, 2.75) is 59.6 Å². The van der Waals surface area contributed by atoms with Gasteiger partial charge in [-0.2, -0.15) is 5.10 Å². The normalized spacial score (nSPS) is 11.8. The molecule has 1 N–H and O–H groups in total. The van der Waals surface area contributed by atoms with Crippen molar-refractivity contribution in [1.29, 1.82) is 0 Å². The van der Waals surface area contributed by atoms with Gasteiger partial charge in [0.05, 0.1) is 23.0 Å². The maximum atomic E-state index is 12.1. The second kappa shape index (κ2) is 8.61. The number of amides is 1. The molecule has 10 heteroatoms. The summed E-state index contributed by atoms with van der Waals surface area (Å²) < 4.78 is 13.0. The Kier molecular flexibility index (Phi) is 5.84. The van der Waals surface area contributed by atoms with Crippen LogP contribution >= 0.6 is 0 Å². The Morgan fingerprint density at radius 1 is 1.24 bits per heavy atom. The van der Waals surface area contributed by atoms with Crippen LogP contribution in [0, 0.1) is 6.92 Å². The van der Waals surface area contributed by atoms with E-state index in [1.54, 1.807) is 35.1 Å². The van der Waals surface area contributed by atoms with Gasteiger partial charge in [-0.05, 0) is 38.3 Å². The number of hydrogen-bond acceptors (Lipinski definition) is 8. The van der Waals surface area contributed by atoms with Crippen LogP contribution in [0.4, 0.5) is 0 Å². The molecule has 4 aromatic heterocycles. The average Bonchev–Trinajstić information content (AvgIpc) is 3.35. The molecule has 172 valence electrons. The summed E-state index contributed by atoms with van der Waals surface area (Å²) in [6.45, 7) is 12.1. The molecule has 0 fully saturated rings. The second-order valence-corrected chi connectivity index (χ2v) is 9.17. The van der Waals surface area contributed by atoms with E-state index in [1.807, 2.05) is 20.8 Å². The summed E-state index contributed by atoms with van der Waals surface area (Å²) >= 11 is 0. The van der Waals surface area contributed by atoms with Crippen LogP contribution in [0.25, 0.3) is 17.0 Å². The molecular formula is C23H27N7O3. The van der Waals surface area contributed by atoms with Crippen LogP contribution in [0.3, 0.4) is 0 Å². The van der Waals surface area contributed by atoms with Gasteiger partial charge in [-0.25, -0.2) is 4.52 Å².